The molecule has 0 N–H and O–H groups in total. The van der Waals surface area contributed by atoms with Gasteiger partial charge in [-0.25, -0.2) is 0 Å². The summed E-state index contributed by atoms with van der Waals surface area (Å²) < 4.78 is 42.0. The van der Waals surface area contributed by atoms with E-state index in [0.29, 0.717) is 11.7 Å². The van der Waals surface area contributed by atoms with Gasteiger partial charge >= 0.3 is 6.18 Å². The summed E-state index contributed by atoms with van der Waals surface area (Å²) in [6.45, 7) is 2.35. The van der Waals surface area contributed by atoms with E-state index in [4.69, 9.17) is 4.74 Å². The van der Waals surface area contributed by atoms with Crippen LogP contribution in [0.5, 0.6) is 5.75 Å². The molecule has 0 heterocycles. The van der Waals surface area contributed by atoms with Crippen molar-refractivity contribution in [3.05, 3.63) is 54.1 Å². The Kier molecular flexibility index (Phi) is 8.86. The summed E-state index contributed by atoms with van der Waals surface area (Å²) in [7, 11) is 0. The van der Waals surface area contributed by atoms with Crippen molar-refractivity contribution < 1.29 is 17.9 Å². The number of hydrogen-bond donors (Lipinski definition) is 0. The number of alkyl halides is 3. The smallest absolute Gasteiger partial charge is 0.389 e. The maximum absolute atomic E-state index is 12.2. The van der Waals surface area contributed by atoms with E-state index < -0.39 is 12.6 Å². The van der Waals surface area contributed by atoms with E-state index in [1.807, 2.05) is 24.3 Å². The molecule has 2 aromatic carbocycles. The molecule has 0 bridgehead atoms. The van der Waals surface area contributed by atoms with Gasteiger partial charge in [0.15, 0.2) is 0 Å². The normalized spacial score (nSPS) is 19.4. The van der Waals surface area contributed by atoms with Crippen molar-refractivity contribution in [3.8, 4) is 16.9 Å². The average Bonchev–Trinajstić information content (AvgIpc) is 2.77. The van der Waals surface area contributed by atoms with Gasteiger partial charge in [0.2, 0.25) is 0 Å². The van der Waals surface area contributed by atoms with E-state index in [0.717, 1.165) is 17.0 Å². The molecule has 4 heteroatoms. The molecule has 0 atom stereocenters. The Hall–Kier alpha value is -1.97. The van der Waals surface area contributed by atoms with Crippen molar-refractivity contribution in [3.63, 3.8) is 0 Å². The highest BCUT2D eigenvalue weighted by molar-refractivity contribution is 5.64. The predicted octanol–water partition coefficient (Wildman–Crippen LogP) is 8.93. The summed E-state index contributed by atoms with van der Waals surface area (Å²) in [5.74, 6) is 2.22. The van der Waals surface area contributed by atoms with Gasteiger partial charge in [0, 0.05) is 6.42 Å². The second-order valence-corrected chi connectivity index (χ2v) is 8.93. The summed E-state index contributed by atoms with van der Waals surface area (Å²) in [6.07, 6.45) is 5.85. The second kappa shape index (κ2) is 11.6. The lowest BCUT2D eigenvalue weighted by molar-refractivity contribution is -0.136. The van der Waals surface area contributed by atoms with Crippen LogP contribution in [0.25, 0.3) is 11.1 Å². The Bertz CT molecular complexity index is 757. The summed E-state index contributed by atoms with van der Waals surface area (Å²) in [5.41, 5.74) is 3.69. The van der Waals surface area contributed by atoms with Gasteiger partial charge in [-0.15, -0.1) is 0 Å². The number of hydrogen-bond acceptors (Lipinski definition) is 1. The van der Waals surface area contributed by atoms with Gasteiger partial charge in [-0.2, -0.15) is 13.2 Å². The molecule has 1 nitrogen and oxygen atoms in total. The minimum absolute atomic E-state index is 0.0205. The van der Waals surface area contributed by atoms with Gasteiger partial charge in [0.05, 0.1) is 6.61 Å². The van der Waals surface area contributed by atoms with Crippen LogP contribution in [0.15, 0.2) is 48.5 Å². The Balaban J connectivity index is 1.47. The highest BCUT2D eigenvalue weighted by atomic mass is 19.4. The van der Waals surface area contributed by atoms with E-state index in [1.165, 1.54) is 56.9 Å². The first kappa shape index (κ1) is 23.7. The maximum Gasteiger partial charge on any atom is 0.389 e. The molecule has 1 aliphatic carbocycles. The lowest BCUT2D eigenvalue weighted by Crippen LogP contribution is -2.13. The third-order valence-corrected chi connectivity index (χ3v) is 6.51. The highest BCUT2D eigenvalue weighted by Crippen LogP contribution is 2.38. The zero-order chi connectivity index (χ0) is 22.1. The zero-order valence-corrected chi connectivity index (χ0v) is 18.6. The fraction of sp³-hybridized carbons (Fsp3) is 0.556. The molecule has 0 unspecified atom stereocenters. The molecule has 31 heavy (non-hydrogen) atoms. The van der Waals surface area contributed by atoms with Crippen LogP contribution in [-0.4, -0.2) is 12.8 Å². The molecule has 0 spiro atoms. The first-order valence-corrected chi connectivity index (χ1v) is 11.8. The van der Waals surface area contributed by atoms with E-state index in [2.05, 4.69) is 31.2 Å². The molecule has 3 rings (SSSR count). The molecule has 2 aromatic rings. The Labute approximate surface area is 185 Å². The summed E-state index contributed by atoms with van der Waals surface area (Å²) in [5, 5.41) is 0. The quantitative estimate of drug-likeness (QED) is 0.341. The van der Waals surface area contributed by atoms with Crippen LogP contribution in [0, 0.1) is 5.92 Å². The lowest BCUT2D eigenvalue weighted by atomic mass is 9.77. The van der Waals surface area contributed by atoms with Crippen LogP contribution in [0.4, 0.5) is 13.2 Å². The van der Waals surface area contributed by atoms with Crippen molar-refractivity contribution in [2.45, 2.75) is 83.2 Å². The number of benzene rings is 2. The molecule has 1 fully saturated rings. The number of rotatable bonds is 10. The van der Waals surface area contributed by atoms with Crippen molar-refractivity contribution >= 4 is 0 Å². The topological polar surface area (TPSA) is 9.23 Å². The largest absolute Gasteiger partial charge is 0.494 e. The fourth-order valence-electron chi connectivity index (χ4n) is 4.62. The first-order chi connectivity index (χ1) is 14.9. The summed E-state index contributed by atoms with van der Waals surface area (Å²) in [4.78, 5) is 0. The van der Waals surface area contributed by atoms with Gasteiger partial charge in [-0.05, 0) is 72.8 Å². The minimum atomic E-state index is -4.12. The molecule has 0 radical (unpaired) electrons. The summed E-state index contributed by atoms with van der Waals surface area (Å²) in [6, 6.07) is 16.5. The van der Waals surface area contributed by atoms with E-state index in [9.17, 15) is 13.2 Å². The minimum Gasteiger partial charge on any atom is -0.494 e. The van der Waals surface area contributed by atoms with Crippen LogP contribution in [0.2, 0.25) is 0 Å². The Morgan fingerprint density at radius 2 is 1.42 bits per heavy atom. The first-order valence-electron chi connectivity index (χ1n) is 11.8. The van der Waals surface area contributed by atoms with Crippen LogP contribution in [0.3, 0.4) is 0 Å². The third kappa shape index (κ3) is 7.90. The van der Waals surface area contributed by atoms with Gasteiger partial charge in [0.1, 0.15) is 5.75 Å². The van der Waals surface area contributed by atoms with E-state index in [1.54, 1.807) is 0 Å². The number of unbranched alkanes of at least 4 members (excludes halogenated alkanes) is 2. The predicted molar refractivity (Wildman–Crippen MR) is 122 cm³/mol. The monoisotopic (exact) mass is 432 g/mol. The highest BCUT2D eigenvalue weighted by Gasteiger charge is 2.26. The standard InChI is InChI=1S/C27H35F3O/c1-2-3-4-6-21-7-9-22(10-8-21)23-11-13-24(14-12-23)25-15-17-26(18-16-25)31-20-5-19-27(28,29)30/h11-18,21-22H,2-10,19-20H2,1H3/t21-,22-. The van der Waals surface area contributed by atoms with Crippen LogP contribution >= 0.6 is 0 Å². The number of ether oxygens (including phenoxy) is 1. The fourth-order valence-corrected chi connectivity index (χ4v) is 4.62. The van der Waals surface area contributed by atoms with Crippen LogP contribution in [0.1, 0.15) is 82.6 Å². The molecule has 0 aromatic heterocycles. The van der Waals surface area contributed by atoms with Crippen LogP contribution in [-0.2, 0) is 0 Å². The molecule has 0 aliphatic heterocycles. The van der Waals surface area contributed by atoms with Crippen molar-refractivity contribution in [1.29, 1.82) is 0 Å². The lowest BCUT2D eigenvalue weighted by Gasteiger charge is -2.29. The zero-order valence-electron chi connectivity index (χ0n) is 18.6. The van der Waals surface area contributed by atoms with Crippen molar-refractivity contribution in [2.75, 3.05) is 6.61 Å². The average molecular weight is 433 g/mol. The van der Waals surface area contributed by atoms with Gasteiger partial charge in [0.25, 0.3) is 0 Å². The van der Waals surface area contributed by atoms with E-state index >= 15 is 0 Å². The molecule has 1 saturated carbocycles. The summed E-state index contributed by atoms with van der Waals surface area (Å²) >= 11 is 0. The second-order valence-electron chi connectivity index (χ2n) is 8.93. The van der Waals surface area contributed by atoms with Crippen molar-refractivity contribution in [1.82, 2.24) is 0 Å². The van der Waals surface area contributed by atoms with Gasteiger partial charge < -0.3 is 4.74 Å². The van der Waals surface area contributed by atoms with Crippen LogP contribution < -0.4 is 4.74 Å². The Morgan fingerprint density at radius 1 is 0.806 bits per heavy atom. The number of halogens is 3. The molecular weight excluding hydrogens is 397 g/mol. The molecule has 0 saturated heterocycles. The third-order valence-electron chi connectivity index (χ3n) is 6.51. The molecule has 1 aliphatic rings. The van der Waals surface area contributed by atoms with Crippen molar-refractivity contribution in [2.24, 2.45) is 5.92 Å². The van der Waals surface area contributed by atoms with E-state index in [-0.39, 0.29) is 13.0 Å². The van der Waals surface area contributed by atoms with Gasteiger partial charge in [-0.3, -0.25) is 0 Å². The molecule has 0 amide bonds. The molecular formula is C27H35F3O. The SMILES string of the molecule is CCCCC[C@H]1CC[C@H](c2ccc(-c3ccc(OCCCC(F)(F)F)cc3)cc2)CC1. The maximum atomic E-state index is 12.2. The molecule has 170 valence electrons. The Morgan fingerprint density at radius 3 is 2.00 bits per heavy atom. The van der Waals surface area contributed by atoms with Gasteiger partial charge in [-0.1, -0.05) is 69.0 Å².